The van der Waals surface area contributed by atoms with Crippen molar-refractivity contribution in [3.05, 3.63) is 127 Å². The van der Waals surface area contributed by atoms with Gasteiger partial charge in [0.2, 0.25) is 0 Å². The summed E-state index contributed by atoms with van der Waals surface area (Å²) in [5, 5.41) is 14.2. The largest absolute Gasteiger partial charge is 0.478 e. The van der Waals surface area contributed by atoms with E-state index in [0.717, 1.165) is 21.5 Å². The predicted octanol–water partition coefficient (Wildman–Crippen LogP) is 4.48. The van der Waals surface area contributed by atoms with Gasteiger partial charge in [-0.25, -0.2) is 4.79 Å². The van der Waals surface area contributed by atoms with E-state index in [1.54, 1.807) is 0 Å². The molecule has 0 spiro atoms. The van der Waals surface area contributed by atoms with E-state index in [1.165, 1.54) is 0 Å². The number of carbonyl (C=O) groups is 1. The molecular formula is C27H23O2P. The van der Waals surface area contributed by atoms with Crippen molar-refractivity contribution in [3.8, 4) is 0 Å². The summed E-state index contributed by atoms with van der Waals surface area (Å²) < 4.78 is 0. The Balaban J connectivity index is 2.18. The van der Waals surface area contributed by atoms with Crippen molar-refractivity contribution < 1.29 is 9.90 Å². The number of hydrogen-bond donors (Lipinski definition) is 1. The van der Waals surface area contributed by atoms with Crippen LogP contribution < -0.4 is 15.9 Å². The molecule has 0 heterocycles. The molecule has 4 aromatic rings. The van der Waals surface area contributed by atoms with E-state index >= 15 is 0 Å². The number of carboxylic acid groups (broad SMARTS) is 1. The van der Waals surface area contributed by atoms with E-state index in [1.807, 2.05) is 84.9 Å². The van der Waals surface area contributed by atoms with Crippen molar-refractivity contribution in [2.45, 2.75) is 6.42 Å². The third-order valence-electron chi connectivity index (χ3n) is 5.30. The number of rotatable bonds is 6. The van der Waals surface area contributed by atoms with E-state index in [2.05, 4.69) is 36.4 Å². The van der Waals surface area contributed by atoms with Crippen LogP contribution in [-0.4, -0.2) is 16.4 Å². The predicted molar refractivity (Wildman–Crippen MR) is 128 cm³/mol. The van der Waals surface area contributed by atoms with Gasteiger partial charge in [0.05, 0.1) is 5.29 Å². The quantitative estimate of drug-likeness (QED) is 0.476. The van der Waals surface area contributed by atoms with Crippen LogP contribution in [0.1, 0.15) is 5.56 Å². The van der Waals surface area contributed by atoms with Crippen LogP contribution in [0.2, 0.25) is 0 Å². The molecule has 0 bridgehead atoms. The van der Waals surface area contributed by atoms with Gasteiger partial charge < -0.3 is 5.11 Å². The van der Waals surface area contributed by atoms with Crippen LogP contribution in [0, 0.1) is 0 Å². The molecular weight excluding hydrogens is 387 g/mol. The van der Waals surface area contributed by atoms with Crippen LogP contribution in [0.15, 0.2) is 121 Å². The van der Waals surface area contributed by atoms with Crippen molar-refractivity contribution in [3.63, 3.8) is 0 Å². The first-order valence-corrected chi connectivity index (χ1v) is 11.7. The lowest BCUT2D eigenvalue weighted by Crippen LogP contribution is -2.34. The third-order valence-corrected chi connectivity index (χ3v) is 9.67. The standard InChI is InChI=1S/C27H23O2P/c28-27(29)26(21-22-13-5-1-6-14-22)30(23-15-7-2-8-16-23,24-17-9-3-10-18-24)25-19-11-4-12-20-25/h1-20H,21H2,(H,28,29). The Kier molecular flexibility index (Phi) is 5.97. The summed E-state index contributed by atoms with van der Waals surface area (Å²) in [4.78, 5) is 12.9. The van der Waals surface area contributed by atoms with Crippen LogP contribution in [0.3, 0.4) is 0 Å². The highest BCUT2D eigenvalue weighted by molar-refractivity contribution is 7.96. The van der Waals surface area contributed by atoms with E-state index in [4.69, 9.17) is 0 Å². The van der Waals surface area contributed by atoms with E-state index in [9.17, 15) is 9.90 Å². The van der Waals surface area contributed by atoms with Crippen molar-refractivity contribution in [1.82, 2.24) is 0 Å². The van der Waals surface area contributed by atoms with Gasteiger partial charge >= 0.3 is 5.97 Å². The molecule has 4 aromatic carbocycles. The van der Waals surface area contributed by atoms with Crippen molar-refractivity contribution in [1.29, 1.82) is 0 Å². The molecule has 3 heteroatoms. The van der Waals surface area contributed by atoms with Crippen LogP contribution in [-0.2, 0) is 11.2 Å². The van der Waals surface area contributed by atoms with Gasteiger partial charge in [-0.05, 0) is 28.4 Å². The Bertz CT molecular complexity index is 1070. The number of carboxylic acids is 1. The fourth-order valence-corrected chi connectivity index (χ4v) is 8.39. The van der Waals surface area contributed by atoms with Gasteiger partial charge in [0.15, 0.2) is 0 Å². The number of hydrogen-bond acceptors (Lipinski definition) is 1. The highest BCUT2D eigenvalue weighted by Crippen LogP contribution is 2.46. The second-order valence-electron chi connectivity index (χ2n) is 7.09. The zero-order valence-corrected chi connectivity index (χ0v) is 17.5. The van der Waals surface area contributed by atoms with Gasteiger partial charge in [-0.1, -0.05) is 121 Å². The van der Waals surface area contributed by atoms with Gasteiger partial charge in [0.1, 0.15) is 0 Å². The van der Waals surface area contributed by atoms with Gasteiger partial charge in [-0.3, -0.25) is 0 Å². The maximum absolute atomic E-state index is 12.9. The molecule has 0 saturated carbocycles. The van der Waals surface area contributed by atoms with Crippen molar-refractivity contribution in [2.75, 3.05) is 0 Å². The first kappa shape index (κ1) is 19.9. The molecule has 148 valence electrons. The maximum atomic E-state index is 12.9. The highest BCUT2D eigenvalue weighted by atomic mass is 31.2. The molecule has 0 aliphatic carbocycles. The molecule has 2 nitrogen and oxygen atoms in total. The maximum Gasteiger partial charge on any atom is 0.332 e. The van der Waals surface area contributed by atoms with E-state index < -0.39 is 12.9 Å². The van der Waals surface area contributed by atoms with E-state index in [0.29, 0.717) is 11.7 Å². The number of aliphatic carboxylic acids is 1. The number of benzene rings is 4. The SMILES string of the molecule is O=C(O)C(Cc1ccccc1)=P(c1ccccc1)(c1ccccc1)c1ccccc1. The molecule has 30 heavy (non-hydrogen) atoms. The summed E-state index contributed by atoms with van der Waals surface area (Å²) >= 11 is 0. The molecule has 0 aliphatic rings. The minimum atomic E-state index is -2.57. The monoisotopic (exact) mass is 410 g/mol. The zero-order chi connectivity index (χ0) is 20.8. The van der Waals surface area contributed by atoms with Gasteiger partial charge in [0.25, 0.3) is 0 Å². The normalized spacial score (nSPS) is 11.1. The molecule has 0 radical (unpaired) electrons. The Morgan fingerprint density at radius 1 is 0.567 bits per heavy atom. The van der Waals surface area contributed by atoms with Gasteiger partial charge in [-0.15, -0.1) is 0 Å². The Labute approximate surface area is 177 Å². The van der Waals surface area contributed by atoms with Crippen LogP contribution in [0.5, 0.6) is 0 Å². The van der Waals surface area contributed by atoms with Crippen LogP contribution >= 0.6 is 6.89 Å². The first-order valence-electron chi connectivity index (χ1n) is 9.92. The Hall–Kier alpha value is -3.35. The average Bonchev–Trinajstić information content (AvgIpc) is 2.82. The molecule has 0 fully saturated rings. The lowest BCUT2D eigenvalue weighted by Gasteiger charge is -2.31. The second kappa shape index (κ2) is 8.98. The summed E-state index contributed by atoms with van der Waals surface area (Å²) in [6.07, 6.45) is 0.392. The van der Waals surface area contributed by atoms with E-state index in [-0.39, 0.29) is 0 Å². The average molecular weight is 410 g/mol. The minimum absolute atomic E-state index is 0.392. The molecule has 0 atom stereocenters. The van der Waals surface area contributed by atoms with Gasteiger partial charge in [-0.2, -0.15) is 0 Å². The molecule has 0 saturated heterocycles. The Morgan fingerprint density at radius 2 is 0.900 bits per heavy atom. The molecule has 4 rings (SSSR count). The minimum Gasteiger partial charge on any atom is -0.478 e. The fraction of sp³-hybridized carbons (Fsp3) is 0.0370. The fourth-order valence-electron chi connectivity index (χ4n) is 4.00. The smallest absolute Gasteiger partial charge is 0.332 e. The summed E-state index contributed by atoms with van der Waals surface area (Å²) in [5.41, 5.74) is 1.00. The Morgan fingerprint density at radius 3 is 1.23 bits per heavy atom. The zero-order valence-electron chi connectivity index (χ0n) is 16.6. The third kappa shape index (κ3) is 3.75. The lowest BCUT2D eigenvalue weighted by molar-refractivity contribution is -0.129. The first-order chi connectivity index (χ1) is 14.7. The lowest BCUT2D eigenvalue weighted by atomic mass is 10.1. The molecule has 0 aliphatic heterocycles. The molecule has 1 N–H and O–H groups in total. The van der Waals surface area contributed by atoms with Crippen LogP contribution in [0.25, 0.3) is 0 Å². The summed E-state index contributed by atoms with van der Waals surface area (Å²) in [6.45, 7) is -2.57. The van der Waals surface area contributed by atoms with Crippen molar-refractivity contribution in [2.24, 2.45) is 0 Å². The van der Waals surface area contributed by atoms with Crippen molar-refractivity contribution >= 4 is 34.1 Å². The topological polar surface area (TPSA) is 37.3 Å². The van der Waals surface area contributed by atoms with Crippen LogP contribution in [0.4, 0.5) is 0 Å². The summed E-state index contributed by atoms with van der Waals surface area (Å²) in [5.74, 6) is -0.844. The molecule has 0 aromatic heterocycles. The van der Waals surface area contributed by atoms with Gasteiger partial charge in [0, 0.05) is 6.42 Å². The summed E-state index contributed by atoms with van der Waals surface area (Å²) in [6, 6.07) is 40.2. The summed E-state index contributed by atoms with van der Waals surface area (Å²) in [7, 11) is 0. The molecule has 0 amide bonds. The molecule has 0 unspecified atom stereocenters. The second-order valence-corrected chi connectivity index (χ2v) is 10.5. The highest BCUT2D eigenvalue weighted by Gasteiger charge is 2.32.